The molecule has 0 radical (unpaired) electrons. The summed E-state index contributed by atoms with van der Waals surface area (Å²) in [5.41, 5.74) is 0. The van der Waals surface area contributed by atoms with Crippen LogP contribution in [0.3, 0.4) is 0 Å². The number of carbonyl (C=O) groups is 1. The first-order valence-corrected chi connectivity index (χ1v) is 8.14. The van der Waals surface area contributed by atoms with Gasteiger partial charge in [-0.1, -0.05) is 11.6 Å². The molecule has 3 unspecified atom stereocenters. The summed E-state index contributed by atoms with van der Waals surface area (Å²) in [6.45, 7) is 3.98. The first kappa shape index (κ1) is 13.4. The van der Waals surface area contributed by atoms with Crippen molar-refractivity contribution in [2.75, 3.05) is 13.1 Å². The Morgan fingerprint density at radius 2 is 2.21 bits per heavy atom. The zero-order chi connectivity index (χ0) is 13.4. The van der Waals surface area contributed by atoms with Crippen molar-refractivity contribution in [3.63, 3.8) is 0 Å². The summed E-state index contributed by atoms with van der Waals surface area (Å²) in [6, 6.07) is 4.68. The van der Waals surface area contributed by atoms with Crippen LogP contribution in [-0.4, -0.2) is 36.0 Å². The molecule has 1 aromatic heterocycles. The highest BCUT2D eigenvalue weighted by atomic mass is 35.5. The maximum atomic E-state index is 12.8. The van der Waals surface area contributed by atoms with Crippen LogP contribution in [-0.2, 0) is 4.79 Å². The van der Waals surface area contributed by atoms with Gasteiger partial charge in [0.15, 0.2) is 0 Å². The maximum Gasteiger partial charge on any atom is 0.231 e. The minimum atomic E-state index is -0.0706. The lowest BCUT2D eigenvalue weighted by molar-refractivity contribution is -0.135. The molecule has 104 valence electrons. The number of hydrogen-bond donors (Lipinski definition) is 1. The van der Waals surface area contributed by atoms with Crippen LogP contribution in [0.15, 0.2) is 12.1 Å². The molecule has 19 heavy (non-hydrogen) atoms. The molecule has 2 fully saturated rings. The van der Waals surface area contributed by atoms with E-state index in [1.54, 1.807) is 0 Å². The third-order valence-corrected chi connectivity index (χ3v) is 5.71. The van der Waals surface area contributed by atoms with Crippen molar-refractivity contribution in [3.8, 4) is 0 Å². The van der Waals surface area contributed by atoms with Crippen molar-refractivity contribution in [2.45, 2.75) is 44.2 Å². The molecule has 1 N–H and O–H groups in total. The van der Waals surface area contributed by atoms with Crippen molar-refractivity contribution in [1.29, 1.82) is 0 Å². The van der Waals surface area contributed by atoms with Gasteiger partial charge in [-0.25, -0.2) is 0 Å². The number of fused-ring (bicyclic) bond motifs is 2. The molecule has 1 aromatic rings. The number of hydrogen-bond acceptors (Lipinski definition) is 3. The molecular formula is C14H19ClN2OS. The largest absolute Gasteiger partial charge is 0.335 e. The minimum absolute atomic E-state index is 0.0706. The van der Waals surface area contributed by atoms with E-state index in [1.165, 1.54) is 11.3 Å². The standard InChI is InChI=1S/C14H19ClN2OS/c1-9(12-4-5-13(15)19-12)14(18)17-10-2-3-11(17)8-16-7-6-10/h4-5,9-11,16H,2-3,6-8H2,1H3. The van der Waals surface area contributed by atoms with Crippen LogP contribution >= 0.6 is 22.9 Å². The molecule has 2 aliphatic heterocycles. The molecule has 5 heteroatoms. The highest BCUT2D eigenvalue weighted by Crippen LogP contribution is 2.34. The Balaban J connectivity index is 1.79. The van der Waals surface area contributed by atoms with Crippen molar-refractivity contribution in [1.82, 2.24) is 10.2 Å². The molecule has 2 bridgehead atoms. The first-order chi connectivity index (χ1) is 9.16. The Hall–Kier alpha value is -0.580. The van der Waals surface area contributed by atoms with Gasteiger partial charge >= 0.3 is 0 Å². The topological polar surface area (TPSA) is 32.3 Å². The Bertz CT molecular complexity index is 462. The zero-order valence-electron chi connectivity index (χ0n) is 11.1. The lowest BCUT2D eigenvalue weighted by Gasteiger charge is -2.30. The molecule has 2 aliphatic rings. The van der Waals surface area contributed by atoms with Crippen LogP contribution in [0.1, 0.15) is 37.0 Å². The predicted molar refractivity (Wildman–Crippen MR) is 78.9 cm³/mol. The van der Waals surface area contributed by atoms with E-state index in [0.29, 0.717) is 12.1 Å². The van der Waals surface area contributed by atoms with Gasteiger partial charge in [0.25, 0.3) is 0 Å². The SMILES string of the molecule is CC(C(=O)N1C2CCNCC1CC2)c1ccc(Cl)s1. The van der Waals surface area contributed by atoms with Gasteiger partial charge < -0.3 is 10.2 Å². The van der Waals surface area contributed by atoms with Crippen LogP contribution in [0.25, 0.3) is 0 Å². The van der Waals surface area contributed by atoms with E-state index in [4.69, 9.17) is 11.6 Å². The number of nitrogens with zero attached hydrogens (tertiary/aromatic N) is 1. The fourth-order valence-corrected chi connectivity index (χ4v) is 4.35. The van der Waals surface area contributed by atoms with E-state index in [2.05, 4.69) is 10.2 Å². The van der Waals surface area contributed by atoms with Crippen LogP contribution < -0.4 is 5.32 Å². The molecule has 0 aromatic carbocycles. The monoisotopic (exact) mass is 298 g/mol. The maximum absolute atomic E-state index is 12.8. The average molecular weight is 299 g/mol. The summed E-state index contributed by atoms with van der Waals surface area (Å²) in [6.07, 6.45) is 3.39. The zero-order valence-corrected chi connectivity index (χ0v) is 12.6. The first-order valence-electron chi connectivity index (χ1n) is 6.95. The van der Waals surface area contributed by atoms with Crippen molar-refractivity contribution in [2.24, 2.45) is 0 Å². The highest BCUT2D eigenvalue weighted by Gasteiger charge is 2.39. The lowest BCUT2D eigenvalue weighted by atomic mass is 10.1. The van der Waals surface area contributed by atoms with E-state index in [-0.39, 0.29) is 11.8 Å². The Morgan fingerprint density at radius 1 is 1.42 bits per heavy atom. The van der Waals surface area contributed by atoms with E-state index in [9.17, 15) is 4.79 Å². The van der Waals surface area contributed by atoms with Gasteiger partial charge in [-0.3, -0.25) is 4.79 Å². The van der Waals surface area contributed by atoms with E-state index in [0.717, 1.165) is 41.6 Å². The Labute approximate surface area is 122 Å². The van der Waals surface area contributed by atoms with Crippen molar-refractivity contribution < 1.29 is 4.79 Å². The van der Waals surface area contributed by atoms with Crippen LogP contribution in [0.4, 0.5) is 0 Å². The molecule has 3 atom stereocenters. The third kappa shape index (κ3) is 2.54. The summed E-state index contributed by atoms with van der Waals surface area (Å²) < 4.78 is 0.759. The summed E-state index contributed by atoms with van der Waals surface area (Å²) in [5.74, 6) is 0.202. The summed E-state index contributed by atoms with van der Waals surface area (Å²) >= 11 is 7.49. The normalized spacial score (nSPS) is 28.2. The predicted octanol–water partition coefficient (Wildman–Crippen LogP) is 2.86. The summed E-state index contributed by atoms with van der Waals surface area (Å²) in [5, 5.41) is 3.43. The molecule has 0 spiro atoms. The fourth-order valence-electron chi connectivity index (χ4n) is 3.25. The summed E-state index contributed by atoms with van der Waals surface area (Å²) in [4.78, 5) is 16.0. The van der Waals surface area contributed by atoms with Gasteiger partial charge in [0, 0.05) is 23.5 Å². The smallest absolute Gasteiger partial charge is 0.231 e. The minimum Gasteiger partial charge on any atom is -0.335 e. The third-order valence-electron chi connectivity index (χ3n) is 4.30. The van der Waals surface area contributed by atoms with Gasteiger partial charge in [-0.15, -0.1) is 11.3 Å². The van der Waals surface area contributed by atoms with Gasteiger partial charge in [0.1, 0.15) is 0 Å². The second kappa shape index (κ2) is 5.43. The van der Waals surface area contributed by atoms with E-state index in [1.807, 2.05) is 19.1 Å². The lowest BCUT2D eigenvalue weighted by Crippen LogP contribution is -2.44. The number of amides is 1. The molecule has 1 amide bonds. The van der Waals surface area contributed by atoms with Crippen molar-refractivity contribution in [3.05, 3.63) is 21.3 Å². The number of carbonyl (C=O) groups excluding carboxylic acids is 1. The highest BCUT2D eigenvalue weighted by molar-refractivity contribution is 7.16. The number of nitrogens with one attached hydrogen (secondary N) is 1. The second-order valence-corrected chi connectivity index (χ2v) is 7.23. The molecule has 0 aliphatic carbocycles. The van der Waals surface area contributed by atoms with Crippen LogP contribution in [0.2, 0.25) is 4.34 Å². The number of thiophene rings is 1. The van der Waals surface area contributed by atoms with Gasteiger partial charge in [0.05, 0.1) is 10.3 Å². The fraction of sp³-hybridized carbons (Fsp3) is 0.643. The number of rotatable bonds is 2. The van der Waals surface area contributed by atoms with Crippen molar-refractivity contribution >= 4 is 28.8 Å². The Kier molecular flexibility index (Phi) is 3.83. The molecule has 3 heterocycles. The van der Waals surface area contributed by atoms with Crippen LogP contribution in [0.5, 0.6) is 0 Å². The number of halogens is 1. The van der Waals surface area contributed by atoms with E-state index >= 15 is 0 Å². The molecule has 0 saturated carbocycles. The molecular weight excluding hydrogens is 280 g/mol. The Morgan fingerprint density at radius 3 is 2.95 bits per heavy atom. The van der Waals surface area contributed by atoms with Gasteiger partial charge in [-0.2, -0.15) is 0 Å². The van der Waals surface area contributed by atoms with E-state index < -0.39 is 0 Å². The van der Waals surface area contributed by atoms with Gasteiger partial charge in [0.2, 0.25) is 5.91 Å². The molecule has 2 saturated heterocycles. The molecule has 3 nitrogen and oxygen atoms in total. The quantitative estimate of drug-likeness (QED) is 0.910. The summed E-state index contributed by atoms with van der Waals surface area (Å²) in [7, 11) is 0. The van der Waals surface area contributed by atoms with Gasteiger partial charge in [-0.05, 0) is 44.9 Å². The second-order valence-electron chi connectivity index (χ2n) is 5.49. The van der Waals surface area contributed by atoms with Crippen LogP contribution in [0, 0.1) is 0 Å². The average Bonchev–Trinajstić information content (AvgIpc) is 2.90. The molecule has 3 rings (SSSR count).